The van der Waals surface area contributed by atoms with E-state index in [1.54, 1.807) is 29.7 Å². The van der Waals surface area contributed by atoms with Gasteiger partial charge in [0.15, 0.2) is 0 Å². The van der Waals surface area contributed by atoms with Gasteiger partial charge in [0.25, 0.3) is 5.91 Å². The number of benzene rings is 1. The van der Waals surface area contributed by atoms with E-state index in [9.17, 15) is 9.59 Å². The van der Waals surface area contributed by atoms with Gasteiger partial charge in [0.05, 0.1) is 23.3 Å². The Morgan fingerprint density at radius 1 is 1.11 bits per heavy atom. The highest BCUT2D eigenvalue weighted by Crippen LogP contribution is 2.19. The summed E-state index contributed by atoms with van der Waals surface area (Å²) >= 11 is 0. The first-order chi connectivity index (χ1) is 13.1. The summed E-state index contributed by atoms with van der Waals surface area (Å²) in [6.07, 6.45) is 5.05. The number of hydrogen-bond acceptors (Lipinski definition) is 4. The van der Waals surface area contributed by atoms with Crippen molar-refractivity contribution in [1.82, 2.24) is 24.8 Å². The SMILES string of the molecule is CC(C(=O)N1CCN(C(=O)c2ccc3nc[nH]c3c2)CC1)c1cccnc1. The smallest absolute Gasteiger partial charge is 0.254 e. The summed E-state index contributed by atoms with van der Waals surface area (Å²) in [5, 5.41) is 0. The van der Waals surface area contributed by atoms with Crippen molar-refractivity contribution >= 4 is 22.8 Å². The van der Waals surface area contributed by atoms with Crippen molar-refractivity contribution in [3.05, 3.63) is 60.2 Å². The molecule has 1 aliphatic rings. The molecule has 0 aliphatic carbocycles. The molecule has 7 heteroatoms. The third-order valence-electron chi connectivity index (χ3n) is 5.10. The Morgan fingerprint density at radius 2 is 1.89 bits per heavy atom. The van der Waals surface area contributed by atoms with E-state index in [4.69, 9.17) is 0 Å². The highest BCUT2D eigenvalue weighted by atomic mass is 16.2. The second-order valence-corrected chi connectivity index (χ2v) is 6.76. The van der Waals surface area contributed by atoms with Crippen molar-refractivity contribution in [3.63, 3.8) is 0 Å². The number of rotatable bonds is 3. The normalized spacial score (nSPS) is 15.7. The number of piperazine rings is 1. The summed E-state index contributed by atoms with van der Waals surface area (Å²) in [5.41, 5.74) is 3.23. The lowest BCUT2D eigenvalue weighted by atomic mass is 10.0. The van der Waals surface area contributed by atoms with Crippen molar-refractivity contribution in [2.45, 2.75) is 12.8 Å². The molecule has 7 nitrogen and oxygen atoms in total. The number of nitrogens with one attached hydrogen (secondary N) is 1. The standard InChI is InChI=1S/C20H21N5O2/c1-14(16-3-2-6-21-12-16)19(26)24-7-9-25(10-8-24)20(27)15-4-5-17-18(11-15)23-13-22-17/h2-6,11-14H,7-10H2,1H3,(H,22,23). The molecule has 4 rings (SSSR count). The molecule has 2 amide bonds. The summed E-state index contributed by atoms with van der Waals surface area (Å²) in [5.74, 6) is -0.170. The average molecular weight is 363 g/mol. The molecular weight excluding hydrogens is 342 g/mol. The zero-order valence-electron chi connectivity index (χ0n) is 15.1. The molecule has 3 aromatic rings. The van der Waals surface area contributed by atoms with Gasteiger partial charge in [-0.2, -0.15) is 0 Å². The van der Waals surface area contributed by atoms with Gasteiger partial charge in [0.1, 0.15) is 0 Å². The highest BCUT2D eigenvalue weighted by Gasteiger charge is 2.28. The Labute approximate surface area is 157 Å². The molecule has 1 atom stereocenters. The number of H-pyrrole nitrogens is 1. The van der Waals surface area contributed by atoms with E-state index in [1.807, 2.05) is 36.1 Å². The average Bonchev–Trinajstić information content (AvgIpc) is 3.21. The van der Waals surface area contributed by atoms with Gasteiger partial charge in [-0.15, -0.1) is 0 Å². The third-order valence-corrected chi connectivity index (χ3v) is 5.10. The second-order valence-electron chi connectivity index (χ2n) is 6.76. The molecule has 1 N–H and O–H groups in total. The van der Waals surface area contributed by atoms with Crippen molar-refractivity contribution < 1.29 is 9.59 Å². The zero-order chi connectivity index (χ0) is 18.8. The van der Waals surface area contributed by atoms with Crippen LogP contribution in [0.4, 0.5) is 0 Å². The first kappa shape index (κ1) is 17.2. The van der Waals surface area contributed by atoms with E-state index in [0.29, 0.717) is 31.7 Å². The molecule has 1 unspecified atom stereocenters. The first-order valence-corrected chi connectivity index (χ1v) is 9.04. The summed E-state index contributed by atoms with van der Waals surface area (Å²) in [6, 6.07) is 9.22. The van der Waals surface area contributed by atoms with Crippen LogP contribution in [-0.2, 0) is 4.79 Å². The molecule has 138 valence electrons. The first-order valence-electron chi connectivity index (χ1n) is 9.04. The lowest BCUT2D eigenvalue weighted by Gasteiger charge is -2.36. The van der Waals surface area contributed by atoms with Gasteiger partial charge >= 0.3 is 0 Å². The number of hydrogen-bond donors (Lipinski definition) is 1. The van der Waals surface area contributed by atoms with Crippen LogP contribution in [0.25, 0.3) is 11.0 Å². The fourth-order valence-corrected chi connectivity index (χ4v) is 3.43. The summed E-state index contributed by atoms with van der Waals surface area (Å²) in [7, 11) is 0. The molecule has 1 fully saturated rings. The number of pyridine rings is 1. The fraction of sp³-hybridized carbons (Fsp3) is 0.300. The third kappa shape index (κ3) is 3.40. The number of carbonyl (C=O) groups excluding carboxylic acids is 2. The number of carbonyl (C=O) groups is 2. The number of aromatic nitrogens is 3. The molecular formula is C20H21N5O2. The van der Waals surface area contributed by atoms with E-state index in [2.05, 4.69) is 15.0 Å². The Kier molecular flexibility index (Phi) is 4.58. The van der Waals surface area contributed by atoms with Crippen molar-refractivity contribution in [1.29, 1.82) is 0 Å². The Hall–Kier alpha value is -3.22. The topological polar surface area (TPSA) is 82.2 Å². The lowest BCUT2D eigenvalue weighted by molar-refractivity contribution is -0.133. The molecule has 0 spiro atoms. The predicted molar refractivity (Wildman–Crippen MR) is 101 cm³/mol. The van der Waals surface area contributed by atoms with Crippen LogP contribution in [0, 0.1) is 0 Å². The number of nitrogens with zero attached hydrogens (tertiary/aromatic N) is 4. The number of fused-ring (bicyclic) bond motifs is 1. The predicted octanol–water partition coefficient (Wildman–Crippen LogP) is 2.05. The number of amides is 2. The molecule has 1 aliphatic heterocycles. The largest absolute Gasteiger partial charge is 0.345 e. The van der Waals surface area contributed by atoms with E-state index in [1.165, 1.54) is 0 Å². The Bertz CT molecular complexity index is 961. The minimum atomic E-state index is -0.233. The van der Waals surface area contributed by atoms with Crippen molar-refractivity contribution in [2.24, 2.45) is 0 Å². The fourth-order valence-electron chi connectivity index (χ4n) is 3.43. The van der Waals surface area contributed by atoms with Crippen LogP contribution in [-0.4, -0.2) is 62.7 Å². The second kappa shape index (κ2) is 7.19. The van der Waals surface area contributed by atoms with Crippen molar-refractivity contribution in [3.8, 4) is 0 Å². The van der Waals surface area contributed by atoms with Crippen LogP contribution in [0.15, 0.2) is 49.1 Å². The van der Waals surface area contributed by atoms with Gasteiger partial charge in [-0.25, -0.2) is 4.98 Å². The Balaban J connectivity index is 1.39. The molecule has 0 radical (unpaired) electrons. The molecule has 1 aromatic carbocycles. The Morgan fingerprint density at radius 3 is 2.63 bits per heavy atom. The van der Waals surface area contributed by atoms with Crippen LogP contribution in [0.3, 0.4) is 0 Å². The highest BCUT2D eigenvalue weighted by molar-refractivity contribution is 5.97. The molecule has 0 bridgehead atoms. The maximum atomic E-state index is 12.8. The van der Waals surface area contributed by atoms with Crippen molar-refractivity contribution in [2.75, 3.05) is 26.2 Å². The van der Waals surface area contributed by atoms with E-state index in [-0.39, 0.29) is 17.7 Å². The molecule has 2 aromatic heterocycles. The van der Waals surface area contributed by atoms with Crippen LogP contribution in [0.1, 0.15) is 28.8 Å². The van der Waals surface area contributed by atoms with Gasteiger partial charge in [0.2, 0.25) is 5.91 Å². The number of aromatic amines is 1. The van der Waals surface area contributed by atoms with Gasteiger partial charge in [-0.1, -0.05) is 6.07 Å². The minimum absolute atomic E-state index is 0.0149. The molecule has 27 heavy (non-hydrogen) atoms. The van der Waals surface area contributed by atoms with Crippen LogP contribution < -0.4 is 0 Å². The molecule has 1 saturated heterocycles. The summed E-state index contributed by atoms with van der Waals surface area (Å²) < 4.78 is 0. The van der Waals surface area contributed by atoms with Crippen LogP contribution in [0.2, 0.25) is 0 Å². The minimum Gasteiger partial charge on any atom is -0.345 e. The summed E-state index contributed by atoms with van der Waals surface area (Å²) in [6.45, 7) is 4.05. The van der Waals surface area contributed by atoms with Crippen LogP contribution in [0.5, 0.6) is 0 Å². The molecule has 3 heterocycles. The maximum absolute atomic E-state index is 12.8. The van der Waals surface area contributed by atoms with Gasteiger partial charge in [0, 0.05) is 44.1 Å². The quantitative estimate of drug-likeness (QED) is 0.772. The van der Waals surface area contributed by atoms with Gasteiger partial charge in [-0.3, -0.25) is 14.6 Å². The molecule has 0 saturated carbocycles. The van der Waals surface area contributed by atoms with Gasteiger partial charge < -0.3 is 14.8 Å². The lowest BCUT2D eigenvalue weighted by Crippen LogP contribution is -2.51. The zero-order valence-corrected chi connectivity index (χ0v) is 15.1. The summed E-state index contributed by atoms with van der Waals surface area (Å²) in [4.78, 5) is 40.4. The van der Waals surface area contributed by atoms with Gasteiger partial charge in [-0.05, 0) is 36.8 Å². The number of imidazole rings is 1. The van der Waals surface area contributed by atoms with E-state index < -0.39 is 0 Å². The van der Waals surface area contributed by atoms with E-state index in [0.717, 1.165) is 16.6 Å². The van der Waals surface area contributed by atoms with E-state index >= 15 is 0 Å². The van der Waals surface area contributed by atoms with Crippen LogP contribution >= 0.6 is 0 Å². The monoisotopic (exact) mass is 363 g/mol. The maximum Gasteiger partial charge on any atom is 0.254 e.